The molecule has 4 aromatic rings. The van der Waals surface area contributed by atoms with Gasteiger partial charge in [-0.05, 0) is 44.5 Å². The fourth-order valence-electron chi connectivity index (χ4n) is 3.87. The molecule has 1 aliphatic heterocycles. The zero-order valence-corrected chi connectivity index (χ0v) is 18.4. The Kier molecular flexibility index (Phi) is 4.64. The molecule has 0 radical (unpaired) electrons. The van der Waals surface area contributed by atoms with Crippen LogP contribution in [0.15, 0.2) is 41.5 Å². The highest BCUT2D eigenvalue weighted by Crippen LogP contribution is 2.34. The topological polar surface area (TPSA) is 86.1 Å². The Morgan fingerprint density at radius 2 is 2.16 bits per heavy atom. The molecule has 1 N–H and O–H groups in total. The SMILES string of the molecule is Cc1cccc(NC(=O)Cn2cnc3c(sc4nc5c(cc43)COC(C)(C)C5)c2=O)c1. The average Bonchev–Trinajstić information content (AvgIpc) is 3.06. The Balaban J connectivity index is 1.48. The minimum Gasteiger partial charge on any atom is -0.370 e. The smallest absolute Gasteiger partial charge is 0.271 e. The Morgan fingerprint density at radius 1 is 1.32 bits per heavy atom. The van der Waals surface area contributed by atoms with E-state index in [0.29, 0.717) is 22.5 Å². The van der Waals surface area contributed by atoms with Gasteiger partial charge >= 0.3 is 0 Å². The van der Waals surface area contributed by atoms with E-state index >= 15 is 0 Å². The van der Waals surface area contributed by atoms with Crippen LogP contribution in [-0.2, 0) is 29.1 Å². The molecule has 0 aliphatic carbocycles. The number of benzene rings is 1. The number of carbonyl (C=O) groups excluding carboxylic acids is 1. The molecule has 1 aromatic carbocycles. The van der Waals surface area contributed by atoms with Crippen LogP contribution in [0.5, 0.6) is 0 Å². The predicted molar refractivity (Wildman–Crippen MR) is 122 cm³/mol. The fourth-order valence-corrected chi connectivity index (χ4v) is 4.95. The van der Waals surface area contributed by atoms with Gasteiger partial charge in [0.2, 0.25) is 5.91 Å². The number of aryl methyl sites for hydroxylation is 1. The van der Waals surface area contributed by atoms with Gasteiger partial charge in [0, 0.05) is 23.1 Å². The molecule has 3 aromatic heterocycles. The molecule has 0 atom stereocenters. The van der Waals surface area contributed by atoms with Crippen molar-refractivity contribution < 1.29 is 9.53 Å². The second-order valence-electron chi connectivity index (χ2n) is 8.55. The number of hydrogen-bond donors (Lipinski definition) is 1. The second-order valence-corrected chi connectivity index (χ2v) is 9.55. The quantitative estimate of drug-likeness (QED) is 0.530. The number of amides is 1. The first-order chi connectivity index (χ1) is 14.8. The van der Waals surface area contributed by atoms with E-state index in [9.17, 15) is 9.59 Å². The van der Waals surface area contributed by atoms with E-state index in [4.69, 9.17) is 9.72 Å². The highest BCUT2D eigenvalue weighted by molar-refractivity contribution is 7.25. The maximum Gasteiger partial charge on any atom is 0.271 e. The standard InChI is InChI=1S/C23H22N4O3S/c1-13-5-4-6-15(7-13)25-18(28)10-27-12-24-19-16-8-14-11-30-23(2,3)9-17(14)26-21(16)31-20(19)22(27)29/h4-8,12H,9-11H2,1-3H3,(H,25,28). The van der Waals surface area contributed by atoms with Gasteiger partial charge in [0.1, 0.15) is 16.1 Å². The van der Waals surface area contributed by atoms with Crippen LogP contribution >= 0.6 is 11.3 Å². The predicted octanol–water partition coefficient (Wildman–Crippen LogP) is 3.80. The van der Waals surface area contributed by atoms with Crippen molar-refractivity contribution >= 4 is 43.4 Å². The van der Waals surface area contributed by atoms with Gasteiger partial charge in [-0.3, -0.25) is 14.2 Å². The second kappa shape index (κ2) is 7.25. The Morgan fingerprint density at radius 3 is 2.97 bits per heavy atom. The Bertz CT molecular complexity index is 1400. The molecule has 31 heavy (non-hydrogen) atoms. The van der Waals surface area contributed by atoms with Crippen LogP contribution in [0.2, 0.25) is 0 Å². The van der Waals surface area contributed by atoms with Crippen LogP contribution in [0.3, 0.4) is 0 Å². The van der Waals surface area contributed by atoms with E-state index in [1.807, 2.05) is 37.3 Å². The maximum absolute atomic E-state index is 13.1. The normalized spacial score (nSPS) is 15.2. The number of anilines is 1. The maximum atomic E-state index is 13.1. The van der Waals surface area contributed by atoms with Crippen molar-refractivity contribution in [2.24, 2.45) is 0 Å². The number of nitrogens with zero attached hydrogens (tertiary/aromatic N) is 3. The Hall–Kier alpha value is -3.10. The largest absolute Gasteiger partial charge is 0.370 e. The van der Waals surface area contributed by atoms with Crippen LogP contribution in [0.25, 0.3) is 20.4 Å². The molecule has 5 rings (SSSR count). The molecule has 0 bridgehead atoms. The summed E-state index contributed by atoms with van der Waals surface area (Å²) in [5.41, 5.74) is 3.94. The van der Waals surface area contributed by atoms with E-state index in [1.165, 1.54) is 22.2 Å². The third-order valence-electron chi connectivity index (χ3n) is 5.43. The van der Waals surface area contributed by atoms with Gasteiger partial charge in [0.15, 0.2) is 0 Å². The fraction of sp³-hybridized carbons (Fsp3) is 0.304. The molecule has 0 spiro atoms. The van der Waals surface area contributed by atoms with E-state index in [1.54, 1.807) is 0 Å². The number of fused-ring (bicyclic) bond motifs is 4. The monoisotopic (exact) mass is 434 g/mol. The molecular weight excluding hydrogens is 412 g/mol. The molecule has 158 valence electrons. The van der Waals surface area contributed by atoms with Crippen molar-refractivity contribution in [1.29, 1.82) is 0 Å². The summed E-state index contributed by atoms with van der Waals surface area (Å²) in [6.07, 6.45) is 2.16. The Labute approximate surface area is 182 Å². The zero-order valence-electron chi connectivity index (χ0n) is 17.6. The van der Waals surface area contributed by atoms with E-state index < -0.39 is 0 Å². The lowest BCUT2D eigenvalue weighted by molar-refractivity contribution is -0.116. The van der Waals surface area contributed by atoms with E-state index in [2.05, 4.69) is 24.1 Å². The van der Waals surface area contributed by atoms with Gasteiger partial charge in [-0.2, -0.15) is 0 Å². The van der Waals surface area contributed by atoms with Gasteiger partial charge < -0.3 is 10.1 Å². The highest BCUT2D eigenvalue weighted by atomic mass is 32.1. The molecule has 0 saturated carbocycles. The van der Waals surface area contributed by atoms with Crippen LogP contribution in [0.4, 0.5) is 5.69 Å². The van der Waals surface area contributed by atoms with Crippen molar-refractivity contribution in [3.63, 3.8) is 0 Å². The van der Waals surface area contributed by atoms with Gasteiger partial charge in [-0.15, -0.1) is 11.3 Å². The van der Waals surface area contributed by atoms with Crippen molar-refractivity contribution in [1.82, 2.24) is 14.5 Å². The van der Waals surface area contributed by atoms with Gasteiger partial charge in [0.25, 0.3) is 5.56 Å². The van der Waals surface area contributed by atoms with Crippen LogP contribution in [0.1, 0.15) is 30.7 Å². The van der Waals surface area contributed by atoms with Crippen molar-refractivity contribution in [3.05, 3.63) is 63.8 Å². The van der Waals surface area contributed by atoms with Crippen molar-refractivity contribution in [3.8, 4) is 0 Å². The summed E-state index contributed by atoms with van der Waals surface area (Å²) >= 11 is 1.33. The third-order valence-corrected chi connectivity index (χ3v) is 6.51. The summed E-state index contributed by atoms with van der Waals surface area (Å²) in [5, 5.41) is 3.69. The molecule has 1 amide bonds. The van der Waals surface area contributed by atoms with Crippen LogP contribution in [-0.4, -0.2) is 26.0 Å². The number of aromatic nitrogens is 3. The summed E-state index contributed by atoms with van der Waals surface area (Å²) in [6, 6.07) is 9.57. The van der Waals surface area contributed by atoms with E-state index in [-0.39, 0.29) is 23.6 Å². The van der Waals surface area contributed by atoms with Crippen molar-refractivity contribution in [2.45, 2.75) is 45.9 Å². The van der Waals surface area contributed by atoms with Gasteiger partial charge in [0.05, 0.1) is 29.7 Å². The molecule has 0 fully saturated rings. The molecule has 8 heteroatoms. The van der Waals surface area contributed by atoms with E-state index in [0.717, 1.165) is 33.5 Å². The number of nitrogens with one attached hydrogen (secondary N) is 1. The minimum absolute atomic E-state index is 0.101. The number of rotatable bonds is 3. The number of pyridine rings is 1. The summed E-state index contributed by atoms with van der Waals surface area (Å²) < 4.78 is 7.76. The summed E-state index contributed by atoms with van der Waals surface area (Å²) in [4.78, 5) is 35.6. The third kappa shape index (κ3) is 3.73. The average molecular weight is 435 g/mol. The zero-order chi connectivity index (χ0) is 21.8. The first-order valence-corrected chi connectivity index (χ1v) is 10.9. The minimum atomic E-state index is -0.275. The lowest BCUT2D eigenvalue weighted by Gasteiger charge is -2.30. The molecule has 0 unspecified atom stereocenters. The molecule has 7 nitrogen and oxygen atoms in total. The molecule has 1 aliphatic rings. The summed E-state index contributed by atoms with van der Waals surface area (Å²) in [7, 11) is 0. The summed E-state index contributed by atoms with van der Waals surface area (Å²) in [5.74, 6) is -0.275. The first-order valence-electron chi connectivity index (χ1n) is 10.1. The molecular formula is C23H22N4O3S. The molecule has 0 saturated heterocycles. The number of thiophene rings is 1. The highest BCUT2D eigenvalue weighted by Gasteiger charge is 2.28. The summed E-state index contributed by atoms with van der Waals surface area (Å²) in [6.45, 7) is 6.46. The molecule has 4 heterocycles. The lowest BCUT2D eigenvalue weighted by Crippen LogP contribution is -2.32. The number of hydrogen-bond acceptors (Lipinski definition) is 6. The number of carbonyl (C=O) groups is 1. The van der Waals surface area contributed by atoms with Gasteiger partial charge in [-0.25, -0.2) is 9.97 Å². The van der Waals surface area contributed by atoms with Crippen LogP contribution in [0, 0.1) is 6.92 Å². The lowest BCUT2D eigenvalue weighted by atomic mass is 9.95. The first kappa shape index (κ1) is 19.8. The number of ether oxygens (including phenoxy) is 1. The van der Waals surface area contributed by atoms with Crippen LogP contribution < -0.4 is 10.9 Å². The van der Waals surface area contributed by atoms with Gasteiger partial charge in [-0.1, -0.05) is 12.1 Å². The van der Waals surface area contributed by atoms with Crippen molar-refractivity contribution in [2.75, 3.05) is 5.32 Å².